The van der Waals surface area contributed by atoms with Gasteiger partial charge in [0.1, 0.15) is 6.54 Å². The van der Waals surface area contributed by atoms with Gasteiger partial charge in [-0.15, -0.1) is 0 Å². The molecular formula is C16H19N3O3. The number of nitrogens with one attached hydrogen (secondary N) is 1. The maximum absolute atomic E-state index is 12.6. The van der Waals surface area contributed by atoms with Crippen LogP contribution in [0.4, 0.5) is 11.4 Å². The van der Waals surface area contributed by atoms with Crippen molar-refractivity contribution in [2.75, 3.05) is 23.8 Å². The zero-order chi connectivity index (χ0) is 16.3. The highest BCUT2D eigenvalue weighted by Crippen LogP contribution is 2.31. The number of benzene rings is 1. The molecule has 0 saturated carbocycles. The van der Waals surface area contributed by atoms with E-state index in [1.54, 1.807) is 30.1 Å². The Morgan fingerprint density at radius 1 is 1.45 bits per heavy atom. The molecule has 1 atom stereocenters. The third-order valence-electron chi connectivity index (χ3n) is 3.55. The summed E-state index contributed by atoms with van der Waals surface area (Å²) in [6, 6.07) is 6.85. The zero-order valence-electron chi connectivity index (χ0n) is 12.7. The van der Waals surface area contributed by atoms with Crippen LogP contribution in [0, 0.1) is 0 Å². The van der Waals surface area contributed by atoms with E-state index < -0.39 is 0 Å². The molecule has 1 aromatic carbocycles. The van der Waals surface area contributed by atoms with Crippen LogP contribution >= 0.6 is 0 Å². The minimum Gasteiger partial charge on any atom is -0.333 e. The topological polar surface area (TPSA) is 69.7 Å². The third kappa shape index (κ3) is 3.16. The molecule has 116 valence electrons. The van der Waals surface area contributed by atoms with Crippen LogP contribution in [0.1, 0.15) is 13.3 Å². The molecule has 1 heterocycles. The number of likely N-dealkylation sites (N-methyl/N-ethyl adjacent to an activating group) is 1. The Labute approximate surface area is 129 Å². The summed E-state index contributed by atoms with van der Waals surface area (Å²) in [6.07, 6.45) is 1.37. The molecule has 3 amide bonds. The first-order valence-corrected chi connectivity index (χ1v) is 7.02. The van der Waals surface area contributed by atoms with E-state index in [1.165, 1.54) is 4.90 Å². The van der Waals surface area contributed by atoms with E-state index in [2.05, 4.69) is 11.9 Å². The standard InChI is InChI=1S/C16H19N3O3/c1-4-15(21)18(3)10-16(22)19-11(2)9-14(20)17-12-7-5-6-8-13(12)19/h4-8,11H,1,9-10H2,2-3H3,(H,17,20)/t11-/m1/s1. The molecule has 0 fully saturated rings. The molecule has 1 aromatic rings. The maximum Gasteiger partial charge on any atom is 0.246 e. The fourth-order valence-electron chi connectivity index (χ4n) is 2.48. The number of hydrogen-bond acceptors (Lipinski definition) is 3. The van der Waals surface area contributed by atoms with Gasteiger partial charge in [-0.05, 0) is 25.1 Å². The molecule has 1 aliphatic heterocycles. The highest BCUT2D eigenvalue weighted by molar-refractivity contribution is 6.05. The van der Waals surface area contributed by atoms with E-state index in [1.807, 2.05) is 13.0 Å². The molecule has 0 unspecified atom stereocenters. The Bertz CT molecular complexity index is 627. The maximum atomic E-state index is 12.6. The molecule has 6 nitrogen and oxygen atoms in total. The van der Waals surface area contributed by atoms with Gasteiger partial charge in [0, 0.05) is 19.5 Å². The Kier molecular flexibility index (Phi) is 4.60. The van der Waals surface area contributed by atoms with Crippen molar-refractivity contribution in [3.8, 4) is 0 Å². The fourth-order valence-corrected chi connectivity index (χ4v) is 2.48. The molecule has 0 saturated heterocycles. The number of carbonyl (C=O) groups is 3. The Morgan fingerprint density at radius 2 is 2.14 bits per heavy atom. The van der Waals surface area contributed by atoms with Crippen LogP contribution in [0.3, 0.4) is 0 Å². The van der Waals surface area contributed by atoms with E-state index >= 15 is 0 Å². The van der Waals surface area contributed by atoms with E-state index in [9.17, 15) is 14.4 Å². The van der Waals surface area contributed by atoms with Crippen molar-refractivity contribution in [3.05, 3.63) is 36.9 Å². The van der Waals surface area contributed by atoms with Crippen molar-refractivity contribution in [1.82, 2.24) is 4.90 Å². The van der Waals surface area contributed by atoms with Gasteiger partial charge in [0.2, 0.25) is 17.7 Å². The number of fused-ring (bicyclic) bond motifs is 1. The second kappa shape index (κ2) is 6.43. The summed E-state index contributed by atoms with van der Waals surface area (Å²) in [6.45, 7) is 5.15. The zero-order valence-corrected chi connectivity index (χ0v) is 12.7. The van der Waals surface area contributed by atoms with Crippen molar-refractivity contribution in [2.24, 2.45) is 0 Å². The van der Waals surface area contributed by atoms with Crippen molar-refractivity contribution in [3.63, 3.8) is 0 Å². The summed E-state index contributed by atoms with van der Waals surface area (Å²) in [5.74, 6) is -0.696. The van der Waals surface area contributed by atoms with Gasteiger partial charge < -0.3 is 15.1 Å². The lowest BCUT2D eigenvalue weighted by Gasteiger charge is -2.29. The molecule has 0 bridgehead atoms. The van der Waals surface area contributed by atoms with Crippen LogP contribution in [0.5, 0.6) is 0 Å². The summed E-state index contributed by atoms with van der Waals surface area (Å²) in [5.41, 5.74) is 1.24. The van der Waals surface area contributed by atoms with Gasteiger partial charge >= 0.3 is 0 Å². The number of amides is 3. The predicted octanol–water partition coefficient (Wildman–Crippen LogP) is 1.39. The lowest BCUT2D eigenvalue weighted by Crippen LogP contribution is -2.45. The first-order chi connectivity index (χ1) is 10.4. The van der Waals surface area contributed by atoms with Gasteiger partial charge in [-0.25, -0.2) is 0 Å². The molecule has 22 heavy (non-hydrogen) atoms. The number of carbonyl (C=O) groups excluding carboxylic acids is 3. The van der Waals surface area contributed by atoms with E-state index in [0.29, 0.717) is 11.4 Å². The highest BCUT2D eigenvalue weighted by Gasteiger charge is 2.30. The van der Waals surface area contributed by atoms with Crippen LogP contribution in [0.25, 0.3) is 0 Å². The quantitative estimate of drug-likeness (QED) is 0.858. The molecule has 1 aliphatic rings. The van der Waals surface area contributed by atoms with Crippen LogP contribution in [-0.2, 0) is 14.4 Å². The van der Waals surface area contributed by atoms with Gasteiger partial charge in [-0.1, -0.05) is 18.7 Å². The second-order valence-electron chi connectivity index (χ2n) is 5.28. The molecule has 6 heteroatoms. The number of anilines is 2. The van der Waals surface area contributed by atoms with Crippen molar-refractivity contribution < 1.29 is 14.4 Å². The molecule has 1 N–H and O–H groups in total. The summed E-state index contributed by atoms with van der Waals surface area (Å²) in [5, 5.41) is 2.80. The first kappa shape index (κ1) is 15.8. The monoisotopic (exact) mass is 301 g/mol. The van der Waals surface area contributed by atoms with Gasteiger partial charge in [0.05, 0.1) is 11.4 Å². The second-order valence-corrected chi connectivity index (χ2v) is 5.28. The highest BCUT2D eigenvalue weighted by atomic mass is 16.2. The Balaban J connectivity index is 2.31. The van der Waals surface area contributed by atoms with Crippen molar-refractivity contribution >= 4 is 29.1 Å². The van der Waals surface area contributed by atoms with Gasteiger partial charge in [-0.3, -0.25) is 14.4 Å². The number of nitrogens with zero attached hydrogens (tertiary/aromatic N) is 2. The molecule has 0 aliphatic carbocycles. The summed E-state index contributed by atoms with van der Waals surface area (Å²) >= 11 is 0. The summed E-state index contributed by atoms with van der Waals surface area (Å²) in [7, 11) is 1.54. The van der Waals surface area contributed by atoms with E-state index in [0.717, 1.165) is 6.08 Å². The molecule has 0 spiro atoms. The van der Waals surface area contributed by atoms with E-state index in [-0.39, 0.29) is 36.7 Å². The van der Waals surface area contributed by atoms with Crippen LogP contribution < -0.4 is 10.2 Å². The molecule has 0 radical (unpaired) electrons. The minimum absolute atomic E-state index is 0.0717. The number of hydrogen-bond donors (Lipinski definition) is 1. The fraction of sp³-hybridized carbons (Fsp3) is 0.312. The van der Waals surface area contributed by atoms with Crippen molar-refractivity contribution in [1.29, 1.82) is 0 Å². The van der Waals surface area contributed by atoms with Gasteiger partial charge in [0.15, 0.2) is 0 Å². The van der Waals surface area contributed by atoms with Crippen LogP contribution in [-0.4, -0.2) is 42.3 Å². The number of rotatable bonds is 3. The minimum atomic E-state index is -0.321. The average molecular weight is 301 g/mol. The SMILES string of the molecule is C=CC(=O)N(C)CC(=O)N1c2ccccc2NC(=O)C[C@H]1C. The average Bonchev–Trinajstić information content (AvgIpc) is 2.60. The summed E-state index contributed by atoms with van der Waals surface area (Å²) in [4.78, 5) is 38.9. The van der Waals surface area contributed by atoms with Crippen molar-refractivity contribution in [2.45, 2.75) is 19.4 Å². The summed E-state index contributed by atoms with van der Waals surface area (Å²) < 4.78 is 0. The first-order valence-electron chi connectivity index (χ1n) is 7.02. The Hall–Kier alpha value is -2.63. The molecule has 2 rings (SSSR count). The van der Waals surface area contributed by atoms with Gasteiger partial charge in [-0.2, -0.15) is 0 Å². The van der Waals surface area contributed by atoms with Crippen LogP contribution in [0.15, 0.2) is 36.9 Å². The lowest BCUT2D eigenvalue weighted by atomic mass is 10.1. The third-order valence-corrected chi connectivity index (χ3v) is 3.55. The molecule has 0 aromatic heterocycles. The number of para-hydroxylation sites is 2. The lowest BCUT2D eigenvalue weighted by molar-refractivity contribution is -0.130. The largest absolute Gasteiger partial charge is 0.333 e. The normalized spacial score (nSPS) is 17.1. The van der Waals surface area contributed by atoms with E-state index in [4.69, 9.17) is 0 Å². The van der Waals surface area contributed by atoms with Gasteiger partial charge in [0.25, 0.3) is 0 Å². The predicted molar refractivity (Wildman–Crippen MR) is 84.5 cm³/mol. The molecular weight excluding hydrogens is 282 g/mol. The smallest absolute Gasteiger partial charge is 0.246 e. The Morgan fingerprint density at radius 3 is 2.82 bits per heavy atom. The van der Waals surface area contributed by atoms with Crippen LogP contribution in [0.2, 0.25) is 0 Å².